The first kappa shape index (κ1) is 42.9. The van der Waals surface area contributed by atoms with E-state index in [2.05, 4.69) is 25.6 Å². The highest BCUT2D eigenvalue weighted by atomic mass is 16.5. The van der Waals surface area contributed by atoms with Gasteiger partial charge in [-0.15, -0.1) is 0 Å². The molecule has 2 aromatic carbocycles. The average Bonchev–Trinajstić information content (AvgIpc) is 3.98. The molecule has 3 aromatic heterocycles. The number of hydrogen-bond donors (Lipinski definition) is 2. The van der Waals surface area contributed by atoms with Crippen molar-refractivity contribution in [1.82, 2.24) is 24.8 Å². The fraction of sp³-hybridized carbons (Fsp3) is 0.383. The molecule has 4 amide bonds. The maximum absolute atomic E-state index is 13.7. The van der Waals surface area contributed by atoms with Gasteiger partial charge in [0, 0.05) is 72.2 Å². The minimum Gasteiger partial charge on any atom is -0.436 e. The molecular formula is C47H53N7O7. The summed E-state index contributed by atoms with van der Waals surface area (Å²) in [7, 11) is 0. The van der Waals surface area contributed by atoms with Gasteiger partial charge in [-0.1, -0.05) is 12.1 Å². The van der Waals surface area contributed by atoms with Crippen LogP contribution >= 0.6 is 0 Å². The van der Waals surface area contributed by atoms with Crippen LogP contribution in [0.25, 0.3) is 22.8 Å². The zero-order valence-corrected chi connectivity index (χ0v) is 35.5. The Labute approximate surface area is 356 Å². The Hall–Kier alpha value is -6.25. The van der Waals surface area contributed by atoms with Crippen LogP contribution in [0.3, 0.4) is 0 Å². The number of oxazole rings is 1. The molecule has 14 nitrogen and oxygen atoms in total. The number of carbonyl (C=O) groups is 4. The zero-order valence-electron chi connectivity index (χ0n) is 35.5. The van der Waals surface area contributed by atoms with E-state index in [1.807, 2.05) is 65.8 Å². The highest BCUT2D eigenvalue weighted by molar-refractivity contribution is 5.99. The molecule has 0 radical (unpaired) electrons. The molecule has 0 saturated carbocycles. The molecule has 0 bridgehead atoms. The van der Waals surface area contributed by atoms with Crippen LogP contribution in [-0.4, -0.2) is 97.0 Å². The third kappa shape index (κ3) is 11.3. The van der Waals surface area contributed by atoms with Crippen LogP contribution in [0, 0.1) is 0 Å². The monoisotopic (exact) mass is 827 g/mol. The minimum atomic E-state index is -0.707. The summed E-state index contributed by atoms with van der Waals surface area (Å²) in [5, 5.41) is 5.96. The molecule has 0 unspecified atom stereocenters. The summed E-state index contributed by atoms with van der Waals surface area (Å²) < 4.78 is 18.5. The number of amides is 4. The molecule has 2 N–H and O–H groups in total. The number of pyridine rings is 2. The summed E-state index contributed by atoms with van der Waals surface area (Å²) in [5.74, 6) is -0.0476. The average molecular weight is 828 g/mol. The van der Waals surface area contributed by atoms with Crippen molar-refractivity contribution < 1.29 is 33.1 Å². The van der Waals surface area contributed by atoms with E-state index in [9.17, 15) is 19.2 Å². The molecule has 61 heavy (non-hydrogen) atoms. The van der Waals surface area contributed by atoms with Crippen molar-refractivity contribution in [2.45, 2.75) is 103 Å². The lowest BCUT2D eigenvalue weighted by atomic mass is 10.1. The number of benzene rings is 2. The fourth-order valence-corrected chi connectivity index (χ4v) is 7.74. The second-order valence-corrected chi connectivity index (χ2v) is 17.5. The van der Waals surface area contributed by atoms with Crippen LogP contribution in [0.1, 0.15) is 65.8 Å². The van der Waals surface area contributed by atoms with Gasteiger partial charge in [-0.2, -0.15) is 0 Å². The molecule has 5 aromatic rings. The lowest BCUT2D eigenvalue weighted by molar-refractivity contribution is -0.136. The van der Waals surface area contributed by atoms with Crippen molar-refractivity contribution in [3.8, 4) is 22.8 Å². The molecule has 2 saturated heterocycles. The SMILES string of the molecule is CC(C)(C)O[C@@H]1C[C@@H](C(=O)Nc2ccc(-c3cnc(-c4ccc(NC(=O)[C@@H]5C[C@@H](OC(C)(C)C)CN5C(=O)Cc5ccccn5)cc4)o3)cc2)N(C(=O)Cc2ccccn2)C1. The number of nitrogens with one attached hydrogen (secondary N) is 2. The Bertz CT molecular complexity index is 2140. The van der Waals surface area contributed by atoms with E-state index in [0.717, 1.165) is 5.56 Å². The Kier molecular flexibility index (Phi) is 12.8. The van der Waals surface area contributed by atoms with Gasteiger partial charge in [0.15, 0.2) is 5.76 Å². The number of likely N-dealkylation sites (tertiary alicyclic amines) is 2. The van der Waals surface area contributed by atoms with Gasteiger partial charge in [-0.05, 0) is 114 Å². The Morgan fingerprint density at radius 1 is 0.623 bits per heavy atom. The number of ether oxygens (including phenoxy) is 2. The van der Waals surface area contributed by atoms with Crippen LogP contribution in [-0.2, 0) is 41.5 Å². The van der Waals surface area contributed by atoms with Crippen molar-refractivity contribution >= 4 is 35.0 Å². The summed E-state index contributed by atoms with van der Waals surface area (Å²) >= 11 is 0. The topological polar surface area (TPSA) is 169 Å². The van der Waals surface area contributed by atoms with Crippen molar-refractivity contribution in [1.29, 1.82) is 0 Å². The number of rotatable bonds is 12. The molecule has 7 rings (SSSR count). The molecule has 2 aliphatic rings. The fourth-order valence-electron chi connectivity index (χ4n) is 7.74. The van der Waals surface area contributed by atoms with Crippen LogP contribution in [0.15, 0.2) is 108 Å². The Balaban J connectivity index is 0.969. The number of aromatic nitrogens is 3. The molecular weight excluding hydrogens is 775 g/mol. The number of hydrogen-bond acceptors (Lipinski definition) is 10. The molecule has 5 heterocycles. The van der Waals surface area contributed by atoms with E-state index >= 15 is 0 Å². The van der Waals surface area contributed by atoms with Gasteiger partial charge in [-0.25, -0.2) is 4.98 Å². The molecule has 2 aliphatic heterocycles. The quantitative estimate of drug-likeness (QED) is 0.138. The van der Waals surface area contributed by atoms with E-state index in [-0.39, 0.29) is 48.7 Å². The molecule has 2 fully saturated rings. The van der Waals surface area contributed by atoms with E-state index in [4.69, 9.17) is 13.9 Å². The minimum absolute atomic E-state index is 0.0890. The molecule has 0 aliphatic carbocycles. The van der Waals surface area contributed by atoms with Gasteiger partial charge in [0.05, 0.1) is 42.4 Å². The summed E-state index contributed by atoms with van der Waals surface area (Å²) in [5.41, 5.74) is 2.99. The van der Waals surface area contributed by atoms with Crippen LogP contribution in [0.4, 0.5) is 11.4 Å². The molecule has 318 valence electrons. The predicted octanol–water partition coefficient (Wildman–Crippen LogP) is 6.73. The van der Waals surface area contributed by atoms with Crippen molar-refractivity contribution in [3.63, 3.8) is 0 Å². The van der Waals surface area contributed by atoms with Crippen LogP contribution in [0.2, 0.25) is 0 Å². The van der Waals surface area contributed by atoms with E-state index in [0.29, 0.717) is 65.9 Å². The lowest BCUT2D eigenvalue weighted by Gasteiger charge is -2.25. The lowest BCUT2D eigenvalue weighted by Crippen LogP contribution is -2.44. The van der Waals surface area contributed by atoms with Gasteiger partial charge in [-0.3, -0.25) is 29.1 Å². The van der Waals surface area contributed by atoms with Crippen molar-refractivity contribution in [2.75, 3.05) is 23.7 Å². The summed E-state index contributed by atoms with van der Waals surface area (Å²) in [6.07, 6.45) is 5.29. The largest absolute Gasteiger partial charge is 0.436 e. The summed E-state index contributed by atoms with van der Waals surface area (Å²) in [6, 6.07) is 23.8. The molecule has 14 heteroatoms. The third-order valence-electron chi connectivity index (χ3n) is 10.3. The maximum Gasteiger partial charge on any atom is 0.247 e. The van der Waals surface area contributed by atoms with Crippen molar-refractivity contribution in [3.05, 3.63) is 115 Å². The Morgan fingerprint density at radius 3 is 1.48 bits per heavy atom. The highest BCUT2D eigenvalue weighted by Gasteiger charge is 2.43. The summed E-state index contributed by atoms with van der Waals surface area (Å²) in [6.45, 7) is 12.4. The van der Waals surface area contributed by atoms with E-state index in [1.165, 1.54) is 0 Å². The van der Waals surface area contributed by atoms with Gasteiger partial charge in [0.1, 0.15) is 12.1 Å². The standard InChI is InChI=1S/C47H53N7O7/c1-46(2,3)60-36-25-38(53(28-36)41(55)23-34-11-7-9-21-48-34)43(57)51-32-17-13-30(14-18-32)40-27-50-45(59-40)31-15-19-33(20-16-31)52-44(58)39-26-37(61-47(4,5)6)29-54(39)42(56)24-35-12-8-10-22-49-35/h7-22,27,36-39H,23-26,28-29H2,1-6H3,(H,51,57)(H,52,58)/t36-,37-,38+,39+/m1/s1. The first-order valence-corrected chi connectivity index (χ1v) is 20.6. The number of carbonyl (C=O) groups excluding carboxylic acids is 4. The van der Waals surface area contributed by atoms with Gasteiger partial charge < -0.3 is 34.3 Å². The van der Waals surface area contributed by atoms with Gasteiger partial charge in [0.2, 0.25) is 29.5 Å². The number of nitrogens with zero attached hydrogens (tertiary/aromatic N) is 5. The maximum atomic E-state index is 13.7. The second kappa shape index (κ2) is 18.2. The second-order valence-electron chi connectivity index (χ2n) is 17.5. The summed E-state index contributed by atoms with van der Waals surface area (Å²) in [4.78, 5) is 70.5. The first-order chi connectivity index (χ1) is 29.1. The van der Waals surface area contributed by atoms with Gasteiger partial charge >= 0.3 is 0 Å². The Morgan fingerprint density at radius 2 is 1.07 bits per heavy atom. The van der Waals surface area contributed by atoms with E-state index in [1.54, 1.807) is 89.1 Å². The smallest absolute Gasteiger partial charge is 0.247 e. The molecule has 0 spiro atoms. The zero-order chi connectivity index (χ0) is 43.3. The van der Waals surface area contributed by atoms with Crippen molar-refractivity contribution in [2.24, 2.45) is 0 Å². The van der Waals surface area contributed by atoms with E-state index < -0.39 is 23.3 Å². The first-order valence-electron chi connectivity index (χ1n) is 20.6. The molecule has 4 atom stereocenters. The van der Waals surface area contributed by atoms with Crippen LogP contribution < -0.4 is 10.6 Å². The third-order valence-corrected chi connectivity index (χ3v) is 10.3. The van der Waals surface area contributed by atoms with Gasteiger partial charge in [0.25, 0.3) is 0 Å². The predicted molar refractivity (Wildman–Crippen MR) is 230 cm³/mol. The van der Waals surface area contributed by atoms with Crippen LogP contribution in [0.5, 0.6) is 0 Å². The highest BCUT2D eigenvalue weighted by Crippen LogP contribution is 2.31. The normalized spacial score (nSPS) is 19.2. The number of anilines is 2.